The van der Waals surface area contributed by atoms with Crippen molar-refractivity contribution in [2.24, 2.45) is 0 Å². The molecule has 1 aromatic rings. The fourth-order valence-electron chi connectivity index (χ4n) is 1.91. The Morgan fingerprint density at radius 3 is 2.69 bits per heavy atom. The Bertz CT molecular complexity index is 388. The van der Waals surface area contributed by atoms with Crippen LogP contribution < -0.4 is 4.90 Å². The standard InChI is InChI=1S/C12H16N4/c1-3-7-15-9-11-12(14-6-5-13-11)16(10-15)8-4-2/h3-6H,1-2,7-10H2. The average Bonchev–Trinajstić information content (AvgIpc) is 2.30. The number of nitrogens with zero attached hydrogens (tertiary/aromatic N) is 4. The number of aromatic nitrogens is 2. The highest BCUT2D eigenvalue weighted by atomic mass is 15.4. The van der Waals surface area contributed by atoms with Crippen LogP contribution in [-0.2, 0) is 6.54 Å². The van der Waals surface area contributed by atoms with E-state index in [1.807, 2.05) is 12.2 Å². The topological polar surface area (TPSA) is 32.3 Å². The molecule has 0 saturated carbocycles. The Morgan fingerprint density at radius 1 is 1.19 bits per heavy atom. The quantitative estimate of drug-likeness (QED) is 0.713. The van der Waals surface area contributed by atoms with Gasteiger partial charge in [0.15, 0.2) is 5.82 Å². The van der Waals surface area contributed by atoms with Crippen molar-refractivity contribution in [1.82, 2.24) is 14.9 Å². The van der Waals surface area contributed by atoms with Crippen LogP contribution in [-0.4, -0.2) is 34.6 Å². The molecule has 4 heteroatoms. The molecule has 0 saturated heterocycles. The van der Waals surface area contributed by atoms with Crippen LogP contribution in [0, 0.1) is 0 Å². The summed E-state index contributed by atoms with van der Waals surface area (Å²) in [5.74, 6) is 0.975. The largest absolute Gasteiger partial charge is 0.338 e. The number of rotatable bonds is 4. The highest BCUT2D eigenvalue weighted by molar-refractivity contribution is 5.45. The van der Waals surface area contributed by atoms with Gasteiger partial charge in [0.2, 0.25) is 0 Å². The zero-order valence-electron chi connectivity index (χ0n) is 9.34. The maximum Gasteiger partial charge on any atom is 0.152 e. The van der Waals surface area contributed by atoms with Gasteiger partial charge in [-0.3, -0.25) is 9.88 Å². The van der Waals surface area contributed by atoms with Gasteiger partial charge in [-0.1, -0.05) is 12.2 Å². The molecule has 2 rings (SSSR count). The van der Waals surface area contributed by atoms with E-state index in [1.165, 1.54) is 0 Å². The van der Waals surface area contributed by atoms with Gasteiger partial charge in [0.05, 0.1) is 12.4 Å². The minimum Gasteiger partial charge on any atom is -0.338 e. The number of anilines is 1. The lowest BCUT2D eigenvalue weighted by Crippen LogP contribution is -2.43. The van der Waals surface area contributed by atoms with Crippen molar-refractivity contribution in [3.8, 4) is 0 Å². The summed E-state index contributed by atoms with van der Waals surface area (Å²) in [7, 11) is 0. The summed E-state index contributed by atoms with van der Waals surface area (Å²) in [6, 6.07) is 0. The molecule has 0 fully saturated rings. The molecule has 0 amide bonds. The van der Waals surface area contributed by atoms with E-state index in [1.54, 1.807) is 12.4 Å². The van der Waals surface area contributed by atoms with Crippen molar-refractivity contribution < 1.29 is 0 Å². The van der Waals surface area contributed by atoms with Gasteiger partial charge in [0, 0.05) is 32.0 Å². The predicted octanol–water partition coefficient (Wildman–Crippen LogP) is 1.43. The summed E-state index contributed by atoms with van der Waals surface area (Å²) in [6.45, 7) is 10.9. The Morgan fingerprint density at radius 2 is 1.94 bits per heavy atom. The molecular weight excluding hydrogens is 200 g/mol. The molecule has 0 spiro atoms. The van der Waals surface area contributed by atoms with Crippen LogP contribution >= 0.6 is 0 Å². The second-order valence-corrected chi connectivity index (χ2v) is 3.78. The summed E-state index contributed by atoms with van der Waals surface area (Å²) in [5.41, 5.74) is 1.03. The lowest BCUT2D eigenvalue weighted by Gasteiger charge is -2.35. The second kappa shape index (κ2) is 4.90. The first-order valence-corrected chi connectivity index (χ1v) is 5.34. The van der Waals surface area contributed by atoms with E-state index in [4.69, 9.17) is 0 Å². The maximum absolute atomic E-state index is 4.38. The monoisotopic (exact) mass is 216 g/mol. The third-order valence-corrected chi connectivity index (χ3v) is 2.53. The number of hydrogen-bond donors (Lipinski definition) is 0. The van der Waals surface area contributed by atoms with Gasteiger partial charge in [-0.2, -0.15) is 0 Å². The molecule has 1 aliphatic heterocycles. The lowest BCUT2D eigenvalue weighted by atomic mass is 10.2. The molecular formula is C12H16N4. The van der Waals surface area contributed by atoms with Crippen LogP contribution in [0.5, 0.6) is 0 Å². The lowest BCUT2D eigenvalue weighted by molar-refractivity contribution is 0.275. The molecule has 84 valence electrons. The molecule has 0 atom stereocenters. The van der Waals surface area contributed by atoms with Gasteiger partial charge in [0.25, 0.3) is 0 Å². The van der Waals surface area contributed by atoms with E-state index in [-0.39, 0.29) is 0 Å². The molecule has 1 aliphatic rings. The predicted molar refractivity (Wildman–Crippen MR) is 65.0 cm³/mol. The molecule has 1 aromatic heterocycles. The molecule has 2 heterocycles. The van der Waals surface area contributed by atoms with Crippen LogP contribution in [0.2, 0.25) is 0 Å². The van der Waals surface area contributed by atoms with Crippen LogP contribution in [0.25, 0.3) is 0 Å². The smallest absolute Gasteiger partial charge is 0.152 e. The fraction of sp³-hybridized carbons (Fsp3) is 0.333. The van der Waals surface area contributed by atoms with Gasteiger partial charge in [0.1, 0.15) is 0 Å². The summed E-state index contributed by atoms with van der Waals surface area (Å²) in [5, 5.41) is 0. The number of fused-ring (bicyclic) bond motifs is 1. The molecule has 0 N–H and O–H groups in total. The second-order valence-electron chi connectivity index (χ2n) is 3.78. The van der Waals surface area contributed by atoms with Gasteiger partial charge in [-0.05, 0) is 0 Å². The van der Waals surface area contributed by atoms with Crippen LogP contribution in [0.1, 0.15) is 5.69 Å². The van der Waals surface area contributed by atoms with E-state index >= 15 is 0 Å². The Balaban J connectivity index is 2.25. The molecule has 16 heavy (non-hydrogen) atoms. The van der Waals surface area contributed by atoms with Gasteiger partial charge < -0.3 is 4.90 Å². The zero-order chi connectivity index (χ0) is 11.4. The molecule has 4 nitrogen and oxygen atoms in total. The molecule has 0 aromatic carbocycles. The summed E-state index contributed by atoms with van der Waals surface area (Å²) < 4.78 is 0. The van der Waals surface area contributed by atoms with Crippen molar-refractivity contribution in [3.05, 3.63) is 43.4 Å². The van der Waals surface area contributed by atoms with E-state index in [0.29, 0.717) is 0 Å². The summed E-state index contributed by atoms with van der Waals surface area (Å²) in [6.07, 6.45) is 7.27. The van der Waals surface area contributed by atoms with E-state index in [2.05, 4.69) is 32.9 Å². The summed E-state index contributed by atoms with van der Waals surface area (Å²) in [4.78, 5) is 13.2. The first-order valence-electron chi connectivity index (χ1n) is 5.34. The minimum atomic E-state index is 0.791. The van der Waals surface area contributed by atoms with E-state index in [9.17, 15) is 0 Å². The molecule has 0 radical (unpaired) electrons. The minimum absolute atomic E-state index is 0.791. The average molecular weight is 216 g/mol. The van der Waals surface area contributed by atoms with Gasteiger partial charge in [-0.15, -0.1) is 13.2 Å². The molecule has 0 bridgehead atoms. The Labute approximate surface area is 95.9 Å². The highest BCUT2D eigenvalue weighted by Crippen LogP contribution is 2.22. The third kappa shape index (κ3) is 2.12. The third-order valence-electron chi connectivity index (χ3n) is 2.53. The fourth-order valence-corrected chi connectivity index (χ4v) is 1.91. The van der Waals surface area contributed by atoms with E-state index in [0.717, 1.165) is 37.8 Å². The Hall–Kier alpha value is -1.68. The number of hydrogen-bond acceptors (Lipinski definition) is 4. The van der Waals surface area contributed by atoms with Gasteiger partial charge >= 0.3 is 0 Å². The van der Waals surface area contributed by atoms with Crippen molar-refractivity contribution in [3.63, 3.8) is 0 Å². The van der Waals surface area contributed by atoms with Crippen LogP contribution in [0.3, 0.4) is 0 Å². The Kier molecular flexibility index (Phi) is 3.31. The van der Waals surface area contributed by atoms with Crippen LogP contribution in [0.15, 0.2) is 37.7 Å². The van der Waals surface area contributed by atoms with Crippen molar-refractivity contribution >= 4 is 5.82 Å². The zero-order valence-corrected chi connectivity index (χ0v) is 9.34. The maximum atomic E-state index is 4.38. The SMILES string of the molecule is C=CCN1Cc2nccnc2N(CC=C)C1. The van der Waals surface area contributed by atoms with Crippen LogP contribution in [0.4, 0.5) is 5.82 Å². The molecule has 0 unspecified atom stereocenters. The molecule has 0 aliphatic carbocycles. The van der Waals surface area contributed by atoms with Crippen molar-refractivity contribution in [2.75, 3.05) is 24.7 Å². The first kappa shape index (κ1) is 10.8. The highest BCUT2D eigenvalue weighted by Gasteiger charge is 2.22. The first-order chi connectivity index (χ1) is 7.85. The van der Waals surface area contributed by atoms with Crippen molar-refractivity contribution in [1.29, 1.82) is 0 Å². The van der Waals surface area contributed by atoms with Crippen molar-refractivity contribution in [2.45, 2.75) is 6.54 Å². The summed E-state index contributed by atoms with van der Waals surface area (Å²) >= 11 is 0. The van der Waals surface area contributed by atoms with E-state index < -0.39 is 0 Å². The van der Waals surface area contributed by atoms with Gasteiger partial charge in [-0.25, -0.2) is 4.98 Å². The normalized spacial score (nSPS) is 15.6.